The second-order valence-electron chi connectivity index (χ2n) is 3.35. The van der Waals surface area contributed by atoms with Crippen molar-refractivity contribution in [1.82, 2.24) is 0 Å². The molecule has 14 heavy (non-hydrogen) atoms. The van der Waals surface area contributed by atoms with Crippen LogP contribution in [0.2, 0.25) is 0 Å². The van der Waals surface area contributed by atoms with E-state index in [-0.39, 0.29) is 0 Å². The lowest BCUT2D eigenvalue weighted by molar-refractivity contribution is 1.52. The molecule has 2 aromatic rings. The first-order chi connectivity index (χ1) is 6.83. The Morgan fingerprint density at radius 2 is 1.71 bits per heavy atom. The van der Waals surface area contributed by atoms with Crippen LogP contribution in [0.1, 0.15) is 18.1 Å². The third kappa shape index (κ3) is 1.38. The Bertz CT molecular complexity index is 519. The predicted octanol–water partition coefficient (Wildman–Crippen LogP) is 3.52. The number of benzene rings is 2. The summed E-state index contributed by atoms with van der Waals surface area (Å²) in [7, 11) is 0. The molecular weight excluding hydrogens is 168 g/mol. The van der Waals surface area contributed by atoms with E-state index in [0.717, 1.165) is 5.56 Å². The van der Waals surface area contributed by atoms with Crippen molar-refractivity contribution in [2.24, 2.45) is 0 Å². The molecule has 68 valence electrons. The summed E-state index contributed by atoms with van der Waals surface area (Å²) in [5.41, 5.74) is 2.42. The predicted molar refractivity (Wildman–Crippen MR) is 61.2 cm³/mol. The van der Waals surface area contributed by atoms with Gasteiger partial charge in [0.15, 0.2) is 0 Å². The van der Waals surface area contributed by atoms with Gasteiger partial charge in [0.25, 0.3) is 0 Å². The Hall–Kier alpha value is -1.74. The van der Waals surface area contributed by atoms with Gasteiger partial charge in [-0.05, 0) is 30.9 Å². The van der Waals surface area contributed by atoms with Gasteiger partial charge in [0.05, 0.1) is 0 Å². The van der Waals surface area contributed by atoms with Crippen LogP contribution < -0.4 is 0 Å². The van der Waals surface area contributed by atoms with Crippen LogP contribution in [-0.2, 0) is 0 Å². The molecule has 0 atom stereocenters. The zero-order chi connectivity index (χ0) is 9.97. The summed E-state index contributed by atoms with van der Waals surface area (Å²) < 4.78 is 0. The summed E-state index contributed by atoms with van der Waals surface area (Å²) in [6.45, 7) is 4.00. The first-order valence-electron chi connectivity index (χ1n) is 4.74. The Kier molecular flexibility index (Phi) is 2.24. The topological polar surface area (TPSA) is 0 Å². The molecule has 2 aromatic carbocycles. The minimum atomic E-state index is 1.13. The molecule has 0 nitrogen and oxygen atoms in total. The smallest absolute Gasteiger partial charge is 0.0326 e. The highest BCUT2D eigenvalue weighted by molar-refractivity contribution is 5.90. The molecule has 0 saturated carbocycles. The van der Waals surface area contributed by atoms with Gasteiger partial charge in [-0.25, -0.2) is 0 Å². The van der Waals surface area contributed by atoms with Crippen LogP contribution in [0.25, 0.3) is 10.8 Å². The Balaban J connectivity index is 2.88. The highest BCUT2D eigenvalue weighted by atomic mass is 14.0. The molecule has 0 aliphatic carbocycles. The van der Waals surface area contributed by atoms with E-state index >= 15 is 0 Å². The summed E-state index contributed by atoms with van der Waals surface area (Å²) in [6.07, 6.45) is 0. The molecule has 2 rings (SSSR count). The van der Waals surface area contributed by atoms with Crippen molar-refractivity contribution in [3.63, 3.8) is 0 Å². The number of aryl methyl sites for hydroxylation is 1. The SMILES string of the molecule is CC#Cc1cccc2cccc(C)c12. The first kappa shape index (κ1) is 8.84. The Labute approximate surface area is 84.6 Å². The van der Waals surface area contributed by atoms with Gasteiger partial charge in [0.1, 0.15) is 0 Å². The highest BCUT2D eigenvalue weighted by Crippen LogP contribution is 2.21. The number of hydrogen-bond donors (Lipinski definition) is 0. The number of fused-ring (bicyclic) bond motifs is 1. The van der Waals surface area contributed by atoms with Crippen molar-refractivity contribution in [3.05, 3.63) is 47.5 Å². The molecule has 0 fully saturated rings. The molecule has 0 N–H and O–H groups in total. The third-order valence-electron chi connectivity index (χ3n) is 2.37. The normalized spacial score (nSPS) is 9.57. The zero-order valence-corrected chi connectivity index (χ0v) is 8.46. The minimum absolute atomic E-state index is 1.13. The van der Waals surface area contributed by atoms with E-state index in [1.807, 2.05) is 6.92 Å². The van der Waals surface area contributed by atoms with Crippen molar-refractivity contribution < 1.29 is 0 Å². The number of hydrogen-bond acceptors (Lipinski definition) is 0. The van der Waals surface area contributed by atoms with Crippen LogP contribution in [0, 0.1) is 18.8 Å². The minimum Gasteiger partial charge on any atom is -0.101 e. The molecule has 0 amide bonds. The molecule has 0 spiro atoms. The quantitative estimate of drug-likeness (QED) is 0.544. The average molecular weight is 180 g/mol. The second kappa shape index (κ2) is 3.55. The molecule has 0 heterocycles. The van der Waals surface area contributed by atoms with E-state index in [1.165, 1.54) is 16.3 Å². The standard InChI is InChI=1S/C14H12/c1-3-6-12-9-5-10-13-8-4-7-11(2)14(12)13/h4-5,7-10H,1-2H3. The maximum absolute atomic E-state index is 3.14. The molecule has 0 unspecified atom stereocenters. The summed E-state index contributed by atoms with van der Waals surface area (Å²) in [6, 6.07) is 12.6. The number of rotatable bonds is 0. The van der Waals surface area contributed by atoms with Crippen LogP contribution in [0.3, 0.4) is 0 Å². The molecule has 0 aromatic heterocycles. The summed E-state index contributed by atoms with van der Waals surface area (Å²) in [5, 5.41) is 2.55. The van der Waals surface area contributed by atoms with Gasteiger partial charge in [-0.2, -0.15) is 0 Å². The third-order valence-corrected chi connectivity index (χ3v) is 2.37. The fourth-order valence-corrected chi connectivity index (χ4v) is 1.77. The van der Waals surface area contributed by atoms with E-state index in [1.54, 1.807) is 0 Å². The largest absolute Gasteiger partial charge is 0.101 e. The maximum atomic E-state index is 3.14. The van der Waals surface area contributed by atoms with Crippen LogP contribution in [0.15, 0.2) is 36.4 Å². The van der Waals surface area contributed by atoms with Gasteiger partial charge in [0, 0.05) is 10.9 Å². The highest BCUT2D eigenvalue weighted by Gasteiger charge is 1.99. The van der Waals surface area contributed by atoms with E-state index in [2.05, 4.69) is 55.2 Å². The molecule has 0 radical (unpaired) electrons. The Morgan fingerprint density at radius 3 is 2.43 bits per heavy atom. The van der Waals surface area contributed by atoms with E-state index < -0.39 is 0 Å². The summed E-state index contributed by atoms with van der Waals surface area (Å²) >= 11 is 0. The van der Waals surface area contributed by atoms with Crippen molar-refractivity contribution >= 4 is 10.8 Å². The molecule has 0 aliphatic rings. The van der Waals surface area contributed by atoms with Crippen LogP contribution in [-0.4, -0.2) is 0 Å². The molecular formula is C14H12. The Morgan fingerprint density at radius 1 is 1.00 bits per heavy atom. The van der Waals surface area contributed by atoms with Gasteiger partial charge in [0.2, 0.25) is 0 Å². The van der Waals surface area contributed by atoms with Crippen molar-refractivity contribution in [2.75, 3.05) is 0 Å². The first-order valence-corrected chi connectivity index (χ1v) is 4.74. The van der Waals surface area contributed by atoms with E-state index in [9.17, 15) is 0 Å². The fraction of sp³-hybridized carbons (Fsp3) is 0.143. The fourth-order valence-electron chi connectivity index (χ4n) is 1.77. The van der Waals surface area contributed by atoms with Gasteiger partial charge in [-0.1, -0.05) is 36.3 Å². The second-order valence-corrected chi connectivity index (χ2v) is 3.35. The average Bonchev–Trinajstić information content (AvgIpc) is 2.19. The molecule has 0 heteroatoms. The summed E-state index contributed by atoms with van der Waals surface area (Å²) in [4.78, 5) is 0. The van der Waals surface area contributed by atoms with Gasteiger partial charge in [-0.15, -0.1) is 5.92 Å². The van der Waals surface area contributed by atoms with E-state index in [0.29, 0.717) is 0 Å². The lowest BCUT2D eigenvalue weighted by atomic mass is 10.0. The van der Waals surface area contributed by atoms with E-state index in [4.69, 9.17) is 0 Å². The zero-order valence-electron chi connectivity index (χ0n) is 8.46. The van der Waals surface area contributed by atoms with Crippen LogP contribution >= 0.6 is 0 Å². The lowest BCUT2D eigenvalue weighted by Gasteiger charge is -2.03. The van der Waals surface area contributed by atoms with Crippen molar-refractivity contribution in [2.45, 2.75) is 13.8 Å². The van der Waals surface area contributed by atoms with Crippen LogP contribution in [0.5, 0.6) is 0 Å². The lowest BCUT2D eigenvalue weighted by Crippen LogP contribution is -1.83. The molecule has 0 bridgehead atoms. The van der Waals surface area contributed by atoms with Gasteiger partial charge < -0.3 is 0 Å². The van der Waals surface area contributed by atoms with Crippen molar-refractivity contribution in [1.29, 1.82) is 0 Å². The van der Waals surface area contributed by atoms with Gasteiger partial charge in [-0.3, -0.25) is 0 Å². The molecule has 0 saturated heterocycles. The van der Waals surface area contributed by atoms with Crippen molar-refractivity contribution in [3.8, 4) is 11.8 Å². The van der Waals surface area contributed by atoms with Crippen LogP contribution in [0.4, 0.5) is 0 Å². The molecule has 0 aliphatic heterocycles. The summed E-state index contributed by atoms with van der Waals surface area (Å²) in [5.74, 6) is 6.09. The monoisotopic (exact) mass is 180 g/mol. The maximum Gasteiger partial charge on any atom is 0.0326 e. The van der Waals surface area contributed by atoms with Gasteiger partial charge >= 0.3 is 0 Å².